The molecule has 1 fully saturated rings. The van der Waals surface area contributed by atoms with Gasteiger partial charge in [-0.15, -0.1) is 0 Å². The summed E-state index contributed by atoms with van der Waals surface area (Å²) in [6.45, 7) is 10.9. The van der Waals surface area contributed by atoms with Crippen LogP contribution in [-0.4, -0.2) is 34.8 Å². The molecule has 32 heavy (non-hydrogen) atoms. The molecule has 0 bridgehead atoms. The van der Waals surface area contributed by atoms with Crippen molar-refractivity contribution >= 4 is 23.3 Å². The summed E-state index contributed by atoms with van der Waals surface area (Å²) < 4.78 is 33.6. The van der Waals surface area contributed by atoms with Crippen molar-refractivity contribution < 1.29 is 23.4 Å². The highest BCUT2D eigenvalue weighted by Crippen LogP contribution is 2.44. The second-order valence-electron chi connectivity index (χ2n) is 9.95. The molecule has 3 rings (SSSR count). The Morgan fingerprint density at radius 2 is 1.84 bits per heavy atom. The van der Waals surface area contributed by atoms with Gasteiger partial charge in [0.25, 0.3) is 0 Å². The average molecular weight is 467 g/mol. The lowest BCUT2D eigenvalue weighted by atomic mass is 9.82. The number of ether oxygens (including phenoxy) is 1. The lowest BCUT2D eigenvalue weighted by molar-refractivity contribution is -0.160. The molecule has 1 aliphatic heterocycles. The van der Waals surface area contributed by atoms with Gasteiger partial charge < -0.3 is 14.7 Å². The Labute approximate surface area is 192 Å². The molecule has 2 heterocycles. The summed E-state index contributed by atoms with van der Waals surface area (Å²) in [4.78, 5) is 18.5. The van der Waals surface area contributed by atoms with Gasteiger partial charge in [-0.3, -0.25) is 0 Å². The molecule has 0 amide bonds. The van der Waals surface area contributed by atoms with Crippen molar-refractivity contribution in [1.29, 1.82) is 0 Å². The lowest BCUT2D eigenvalue weighted by Gasteiger charge is -2.40. The van der Waals surface area contributed by atoms with Crippen LogP contribution in [0.1, 0.15) is 59.1 Å². The Morgan fingerprint density at radius 1 is 1.22 bits per heavy atom. The number of halogens is 3. The smallest absolute Gasteiger partial charge is 0.337 e. The van der Waals surface area contributed by atoms with Crippen LogP contribution in [0.4, 0.5) is 14.5 Å². The number of carboxylic acid groups (broad SMARTS) is 1. The van der Waals surface area contributed by atoms with E-state index in [9.17, 15) is 18.7 Å². The zero-order chi connectivity index (χ0) is 23.8. The Bertz CT molecular complexity index is 1010. The SMILES string of the molecule is CC1(C)CCN(c2c(-c3ccc(F)c(F)c3)cnc(Cl)c2C(OC(C)(C)C)C(=O)O)CC1. The number of benzene rings is 1. The van der Waals surface area contributed by atoms with Crippen LogP contribution in [0.5, 0.6) is 0 Å². The molecule has 1 aromatic heterocycles. The summed E-state index contributed by atoms with van der Waals surface area (Å²) in [5, 5.41) is 10.0. The number of hydrogen-bond donors (Lipinski definition) is 1. The van der Waals surface area contributed by atoms with E-state index in [2.05, 4.69) is 18.8 Å². The summed E-state index contributed by atoms with van der Waals surface area (Å²) >= 11 is 6.47. The molecule has 1 aliphatic rings. The standard InChI is InChI=1S/C24H29ClF2N2O3/c1-23(2,3)32-20(22(30)31)18-19(29-10-8-24(4,5)9-11-29)15(13-28-21(18)25)14-6-7-16(26)17(27)12-14/h6-7,12-13,20H,8-11H2,1-5H3,(H,30,31). The molecule has 1 atom stereocenters. The van der Waals surface area contributed by atoms with E-state index in [0.717, 1.165) is 25.0 Å². The number of carbonyl (C=O) groups is 1. The van der Waals surface area contributed by atoms with Crippen LogP contribution in [0.25, 0.3) is 11.1 Å². The van der Waals surface area contributed by atoms with Gasteiger partial charge in [0, 0.05) is 24.8 Å². The van der Waals surface area contributed by atoms with Crippen molar-refractivity contribution in [3.05, 3.63) is 46.7 Å². The van der Waals surface area contributed by atoms with Crippen LogP contribution in [0, 0.1) is 17.0 Å². The third-order valence-electron chi connectivity index (χ3n) is 5.66. The molecular weight excluding hydrogens is 438 g/mol. The molecule has 5 nitrogen and oxygen atoms in total. The number of hydrogen-bond acceptors (Lipinski definition) is 4. The predicted octanol–water partition coefficient (Wildman–Crippen LogP) is 6.25. The minimum absolute atomic E-state index is 0.00724. The molecule has 2 aromatic rings. The normalized spacial score (nSPS) is 17.3. The number of aliphatic carboxylic acids is 1. The maximum absolute atomic E-state index is 14.1. The molecule has 1 saturated heterocycles. The highest BCUT2D eigenvalue weighted by Gasteiger charge is 2.36. The number of anilines is 1. The maximum Gasteiger partial charge on any atom is 0.337 e. The van der Waals surface area contributed by atoms with Crippen molar-refractivity contribution in [2.75, 3.05) is 18.0 Å². The van der Waals surface area contributed by atoms with Gasteiger partial charge in [0.05, 0.1) is 16.9 Å². The van der Waals surface area contributed by atoms with Crippen LogP contribution in [0.15, 0.2) is 24.4 Å². The highest BCUT2D eigenvalue weighted by molar-refractivity contribution is 6.31. The fraction of sp³-hybridized carbons (Fsp3) is 0.500. The summed E-state index contributed by atoms with van der Waals surface area (Å²) in [6, 6.07) is 3.58. The van der Waals surface area contributed by atoms with Gasteiger partial charge in [0.2, 0.25) is 0 Å². The zero-order valence-electron chi connectivity index (χ0n) is 19.0. The molecule has 174 valence electrons. The van der Waals surface area contributed by atoms with E-state index in [1.807, 2.05) is 4.90 Å². The van der Waals surface area contributed by atoms with Gasteiger partial charge in [-0.2, -0.15) is 0 Å². The predicted molar refractivity (Wildman–Crippen MR) is 121 cm³/mol. The molecular formula is C24H29ClF2N2O3. The highest BCUT2D eigenvalue weighted by atomic mass is 35.5. The van der Waals surface area contributed by atoms with E-state index in [1.165, 1.54) is 12.3 Å². The third kappa shape index (κ3) is 5.38. The second-order valence-corrected chi connectivity index (χ2v) is 10.3. The second kappa shape index (κ2) is 8.94. The maximum atomic E-state index is 14.1. The molecule has 1 unspecified atom stereocenters. The van der Waals surface area contributed by atoms with E-state index in [-0.39, 0.29) is 16.1 Å². The molecule has 0 radical (unpaired) electrons. The molecule has 0 spiro atoms. The molecule has 0 aliphatic carbocycles. The minimum Gasteiger partial charge on any atom is -0.479 e. The van der Waals surface area contributed by atoms with E-state index in [1.54, 1.807) is 20.8 Å². The number of nitrogens with zero attached hydrogens (tertiary/aromatic N) is 2. The van der Waals surface area contributed by atoms with Crippen molar-refractivity contribution in [3.8, 4) is 11.1 Å². The summed E-state index contributed by atoms with van der Waals surface area (Å²) in [6.07, 6.45) is 1.84. The first-order chi connectivity index (χ1) is 14.8. The monoisotopic (exact) mass is 466 g/mol. The van der Waals surface area contributed by atoms with Crippen LogP contribution < -0.4 is 4.90 Å². The van der Waals surface area contributed by atoms with Gasteiger partial charge in [0.15, 0.2) is 17.7 Å². The van der Waals surface area contributed by atoms with Gasteiger partial charge in [-0.25, -0.2) is 18.6 Å². The van der Waals surface area contributed by atoms with Crippen LogP contribution in [-0.2, 0) is 9.53 Å². The summed E-state index contributed by atoms with van der Waals surface area (Å²) in [5.74, 6) is -3.16. The van der Waals surface area contributed by atoms with Gasteiger partial charge in [0.1, 0.15) is 5.15 Å². The zero-order valence-corrected chi connectivity index (χ0v) is 19.8. The quantitative estimate of drug-likeness (QED) is 0.528. The number of aromatic nitrogens is 1. The number of rotatable bonds is 5. The molecule has 0 saturated carbocycles. The van der Waals surface area contributed by atoms with E-state index >= 15 is 0 Å². The Morgan fingerprint density at radius 3 is 2.38 bits per heavy atom. The Kier molecular flexibility index (Phi) is 6.82. The largest absolute Gasteiger partial charge is 0.479 e. The van der Waals surface area contributed by atoms with E-state index in [0.29, 0.717) is 29.9 Å². The average Bonchev–Trinajstić information content (AvgIpc) is 2.68. The van der Waals surface area contributed by atoms with Crippen molar-refractivity contribution in [1.82, 2.24) is 4.98 Å². The number of piperidine rings is 1. The van der Waals surface area contributed by atoms with Crippen LogP contribution in [0.2, 0.25) is 5.15 Å². The summed E-state index contributed by atoms with van der Waals surface area (Å²) in [7, 11) is 0. The van der Waals surface area contributed by atoms with Gasteiger partial charge in [-0.1, -0.05) is 31.5 Å². The first-order valence-corrected chi connectivity index (χ1v) is 11.0. The van der Waals surface area contributed by atoms with Crippen LogP contribution in [0.3, 0.4) is 0 Å². The van der Waals surface area contributed by atoms with Crippen molar-refractivity contribution in [2.24, 2.45) is 5.41 Å². The number of carboxylic acids is 1. The first kappa shape index (κ1) is 24.4. The molecule has 8 heteroatoms. The van der Waals surface area contributed by atoms with Gasteiger partial charge >= 0.3 is 5.97 Å². The van der Waals surface area contributed by atoms with Gasteiger partial charge in [-0.05, 0) is 56.7 Å². The minimum atomic E-state index is -1.38. The Balaban J connectivity index is 2.25. The first-order valence-electron chi connectivity index (χ1n) is 10.6. The van der Waals surface area contributed by atoms with Crippen molar-refractivity contribution in [3.63, 3.8) is 0 Å². The Hall–Kier alpha value is -2.25. The molecule has 1 N–H and O–H groups in total. The van der Waals surface area contributed by atoms with E-state index < -0.39 is 29.3 Å². The fourth-order valence-corrected chi connectivity index (χ4v) is 4.10. The van der Waals surface area contributed by atoms with Crippen LogP contribution >= 0.6 is 11.6 Å². The number of pyridine rings is 1. The van der Waals surface area contributed by atoms with Crippen molar-refractivity contribution in [2.45, 2.75) is 59.2 Å². The third-order valence-corrected chi connectivity index (χ3v) is 5.96. The summed E-state index contributed by atoms with van der Waals surface area (Å²) in [5.41, 5.74) is 0.981. The lowest BCUT2D eigenvalue weighted by Crippen LogP contribution is -2.39. The topological polar surface area (TPSA) is 62.7 Å². The molecule has 1 aromatic carbocycles. The fourth-order valence-electron chi connectivity index (χ4n) is 3.86. The van der Waals surface area contributed by atoms with E-state index in [4.69, 9.17) is 16.3 Å².